The zero-order valence-corrected chi connectivity index (χ0v) is 12.9. The Morgan fingerprint density at radius 3 is 2.80 bits per heavy atom. The van der Waals surface area contributed by atoms with Gasteiger partial charge in [0.15, 0.2) is 0 Å². The number of aromatic nitrogens is 1. The number of hydrogen-bond acceptors (Lipinski definition) is 1. The topological polar surface area (TPSA) is 14.2 Å². The molecule has 0 radical (unpaired) electrons. The highest BCUT2D eigenvalue weighted by Crippen LogP contribution is 2.23. The zero-order valence-electron chi connectivity index (χ0n) is 11.3. The highest BCUT2D eigenvalue weighted by Gasteiger charge is 2.04. The summed E-state index contributed by atoms with van der Waals surface area (Å²) >= 11 is 3.52. The molecule has 0 atom stereocenters. The van der Waals surface area contributed by atoms with Crippen LogP contribution >= 0.6 is 15.9 Å². The number of halogens is 1. The molecule has 20 heavy (non-hydrogen) atoms. The number of hydrogen-bond donors (Lipinski definition) is 0. The van der Waals surface area contributed by atoms with Crippen molar-refractivity contribution in [3.05, 3.63) is 64.8 Å². The summed E-state index contributed by atoms with van der Waals surface area (Å²) in [5.74, 6) is 0.931. The summed E-state index contributed by atoms with van der Waals surface area (Å²) in [7, 11) is 0. The van der Waals surface area contributed by atoms with Crippen LogP contribution in [0.15, 0.2) is 59.2 Å². The van der Waals surface area contributed by atoms with Gasteiger partial charge < -0.3 is 9.30 Å². The van der Waals surface area contributed by atoms with Crippen LogP contribution in [0.25, 0.3) is 10.9 Å². The molecular weight excluding hydrogens is 314 g/mol. The summed E-state index contributed by atoms with van der Waals surface area (Å²) in [5.41, 5.74) is 2.51. The molecule has 1 aromatic heterocycles. The van der Waals surface area contributed by atoms with Crippen LogP contribution in [0.2, 0.25) is 0 Å². The molecule has 3 aromatic rings. The lowest BCUT2D eigenvalue weighted by molar-refractivity contribution is 0.340. The lowest BCUT2D eigenvalue weighted by Crippen LogP contribution is -1.97. The van der Waals surface area contributed by atoms with E-state index in [0.717, 1.165) is 16.8 Å². The van der Waals surface area contributed by atoms with E-state index in [1.165, 1.54) is 16.5 Å². The third-order valence-electron chi connectivity index (χ3n) is 3.30. The van der Waals surface area contributed by atoms with Gasteiger partial charge in [0.1, 0.15) is 5.75 Å². The van der Waals surface area contributed by atoms with Crippen LogP contribution in [0, 0.1) is 0 Å². The molecule has 2 nitrogen and oxygen atoms in total. The maximum atomic E-state index is 5.54. The van der Waals surface area contributed by atoms with E-state index in [-0.39, 0.29) is 0 Å². The predicted molar refractivity (Wildman–Crippen MR) is 86.4 cm³/mol. The number of benzene rings is 2. The predicted octanol–water partition coefficient (Wildman–Crippen LogP) is 4.85. The van der Waals surface area contributed by atoms with Gasteiger partial charge in [0, 0.05) is 28.1 Å². The van der Waals surface area contributed by atoms with E-state index < -0.39 is 0 Å². The van der Waals surface area contributed by atoms with Gasteiger partial charge in [-0.1, -0.05) is 28.1 Å². The summed E-state index contributed by atoms with van der Waals surface area (Å²) < 4.78 is 8.91. The van der Waals surface area contributed by atoms with Crippen molar-refractivity contribution in [1.82, 2.24) is 4.57 Å². The summed E-state index contributed by atoms with van der Waals surface area (Å²) in [4.78, 5) is 0. The molecule has 0 aliphatic rings. The fraction of sp³-hybridized carbons (Fsp3) is 0.176. The lowest BCUT2D eigenvalue weighted by atomic mass is 10.2. The van der Waals surface area contributed by atoms with Crippen LogP contribution < -0.4 is 4.74 Å². The summed E-state index contributed by atoms with van der Waals surface area (Å²) in [6.45, 7) is 3.57. The molecule has 0 saturated heterocycles. The van der Waals surface area contributed by atoms with E-state index in [9.17, 15) is 0 Å². The second kappa shape index (κ2) is 5.71. The molecule has 0 aliphatic carbocycles. The number of rotatable bonds is 4. The molecule has 0 unspecified atom stereocenters. The highest BCUT2D eigenvalue weighted by atomic mass is 79.9. The first-order chi connectivity index (χ1) is 9.76. The Morgan fingerprint density at radius 2 is 2.00 bits per heavy atom. The van der Waals surface area contributed by atoms with E-state index in [0.29, 0.717) is 6.61 Å². The van der Waals surface area contributed by atoms with Gasteiger partial charge in [-0.25, -0.2) is 0 Å². The van der Waals surface area contributed by atoms with E-state index in [1.54, 1.807) is 0 Å². The lowest BCUT2D eigenvalue weighted by Gasteiger charge is -2.07. The van der Waals surface area contributed by atoms with Crippen molar-refractivity contribution in [1.29, 1.82) is 0 Å². The summed E-state index contributed by atoms with van der Waals surface area (Å²) in [6.07, 6.45) is 2.13. The Bertz CT molecular complexity index is 733. The number of nitrogens with zero attached hydrogens (tertiary/aromatic N) is 1. The minimum atomic E-state index is 0.699. The van der Waals surface area contributed by atoms with Crippen molar-refractivity contribution in [2.45, 2.75) is 13.5 Å². The van der Waals surface area contributed by atoms with E-state index in [2.05, 4.69) is 63.1 Å². The molecule has 0 N–H and O–H groups in total. The molecule has 3 heteroatoms. The molecule has 3 rings (SSSR count). The summed E-state index contributed by atoms with van der Waals surface area (Å²) in [5, 5.41) is 1.21. The third kappa shape index (κ3) is 2.73. The standard InChI is InChI=1S/C17H16BrNO/c1-2-20-16-6-7-17-14(11-16)8-9-19(17)12-13-4-3-5-15(18)10-13/h3-11H,2,12H2,1H3. The maximum Gasteiger partial charge on any atom is 0.120 e. The molecule has 0 spiro atoms. The van der Waals surface area contributed by atoms with Crippen molar-refractivity contribution in [2.75, 3.05) is 6.61 Å². The van der Waals surface area contributed by atoms with E-state index in [4.69, 9.17) is 4.74 Å². The molecule has 102 valence electrons. The second-order valence-corrected chi connectivity index (χ2v) is 5.64. The van der Waals surface area contributed by atoms with Crippen LogP contribution in [-0.2, 0) is 6.54 Å². The first-order valence-electron chi connectivity index (χ1n) is 6.72. The van der Waals surface area contributed by atoms with Crippen LogP contribution in [-0.4, -0.2) is 11.2 Å². The smallest absolute Gasteiger partial charge is 0.120 e. The molecule has 0 aliphatic heterocycles. The SMILES string of the molecule is CCOc1ccc2c(ccn2Cc2cccc(Br)c2)c1. The number of fused-ring (bicyclic) bond motifs is 1. The monoisotopic (exact) mass is 329 g/mol. The van der Waals surface area contributed by atoms with Gasteiger partial charge in [0.2, 0.25) is 0 Å². The van der Waals surface area contributed by atoms with Crippen molar-refractivity contribution >= 4 is 26.8 Å². The van der Waals surface area contributed by atoms with E-state index >= 15 is 0 Å². The molecular formula is C17H16BrNO. The maximum absolute atomic E-state index is 5.54. The zero-order chi connectivity index (χ0) is 13.9. The Kier molecular flexibility index (Phi) is 3.79. The molecule has 0 bridgehead atoms. The van der Waals surface area contributed by atoms with Gasteiger partial charge in [-0.15, -0.1) is 0 Å². The van der Waals surface area contributed by atoms with Crippen molar-refractivity contribution in [3.63, 3.8) is 0 Å². The first kappa shape index (κ1) is 13.3. The highest BCUT2D eigenvalue weighted by molar-refractivity contribution is 9.10. The number of ether oxygens (including phenoxy) is 1. The molecule has 1 heterocycles. The van der Waals surface area contributed by atoms with Gasteiger partial charge in [0.05, 0.1) is 6.61 Å². The normalized spacial score (nSPS) is 10.9. The van der Waals surface area contributed by atoms with Crippen LogP contribution in [0.4, 0.5) is 0 Å². The van der Waals surface area contributed by atoms with Crippen molar-refractivity contribution < 1.29 is 4.74 Å². The van der Waals surface area contributed by atoms with Crippen molar-refractivity contribution in [2.24, 2.45) is 0 Å². The van der Waals surface area contributed by atoms with Crippen molar-refractivity contribution in [3.8, 4) is 5.75 Å². The van der Waals surface area contributed by atoms with Crippen LogP contribution in [0.1, 0.15) is 12.5 Å². The Morgan fingerprint density at radius 1 is 1.10 bits per heavy atom. The first-order valence-corrected chi connectivity index (χ1v) is 7.51. The minimum Gasteiger partial charge on any atom is -0.494 e. The fourth-order valence-corrected chi connectivity index (χ4v) is 2.85. The largest absolute Gasteiger partial charge is 0.494 e. The van der Waals surface area contributed by atoms with Gasteiger partial charge >= 0.3 is 0 Å². The van der Waals surface area contributed by atoms with Gasteiger partial charge in [-0.3, -0.25) is 0 Å². The molecule has 0 saturated carbocycles. The quantitative estimate of drug-likeness (QED) is 0.667. The fourth-order valence-electron chi connectivity index (χ4n) is 2.40. The molecule has 0 fully saturated rings. The molecule has 2 aromatic carbocycles. The average Bonchev–Trinajstić information content (AvgIpc) is 2.82. The average molecular weight is 330 g/mol. The second-order valence-electron chi connectivity index (χ2n) is 4.73. The van der Waals surface area contributed by atoms with Gasteiger partial charge in [-0.05, 0) is 48.9 Å². The summed E-state index contributed by atoms with van der Waals surface area (Å²) in [6, 6.07) is 16.8. The minimum absolute atomic E-state index is 0.699. The van der Waals surface area contributed by atoms with Crippen LogP contribution in [0.5, 0.6) is 5.75 Å². The van der Waals surface area contributed by atoms with Crippen LogP contribution in [0.3, 0.4) is 0 Å². The third-order valence-corrected chi connectivity index (χ3v) is 3.79. The van der Waals surface area contributed by atoms with Gasteiger partial charge in [0.25, 0.3) is 0 Å². The Labute approximate surface area is 127 Å². The Balaban J connectivity index is 1.92. The van der Waals surface area contributed by atoms with Gasteiger partial charge in [-0.2, -0.15) is 0 Å². The van der Waals surface area contributed by atoms with E-state index in [1.807, 2.05) is 19.1 Å². The Hall–Kier alpha value is -1.74. The molecule has 0 amide bonds.